The number of thioether (sulfide) groups is 1. The lowest BCUT2D eigenvalue weighted by molar-refractivity contribution is -0.146. The van der Waals surface area contributed by atoms with Crippen LogP contribution in [0.4, 0.5) is 0 Å². The number of amides is 2. The van der Waals surface area contributed by atoms with Crippen LogP contribution in [0.25, 0.3) is 0 Å². The number of rotatable bonds is 8. The minimum atomic E-state index is -3.83. The predicted octanol–water partition coefficient (Wildman–Crippen LogP) is -0.201. The average molecular weight is 402 g/mol. The predicted molar refractivity (Wildman–Crippen MR) is 99.1 cm³/mol. The minimum Gasteiger partial charge on any atom is -0.367 e. The number of benzene rings is 1. The van der Waals surface area contributed by atoms with E-state index in [2.05, 4.69) is 4.72 Å². The molecule has 8 nitrogen and oxygen atoms in total. The van der Waals surface area contributed by atoms with Crippen LogP contribution in [0.2, 0.25) is 0 Å². The highest BCUT2D eigenvalue weighted by Gasteiger charge is 2.33. The fraction of sp³-hybridized carbons (Fsp3) is 0.500. The van der Waals surface area contributed by atoms with Crippen LogP contribution in [0.3, 0.4) is 0 Å². The van der Waals surface area contributed by atoms with Gasteiger partial charge in [0, 0.05) is 6.54 Å². The third-order valence-electron chi connectivity index (χ3n) is 3.96. The lowest BCUT2D eigenvalue weighted by atomic mass is 10.2. The first-order chi connectivity index (χ1) is 12.3. The van der Waals surface area contributed by atoms with Crippen molar-refractivity contribution in [2.24, 2.45) is 5.73 Å². The lowest BCUT2D eigenvalue weighted by Crippen LogP contribution is -2.56. The Hall–Kier alpha value is -1.62. The number of sulfonamides is 1. The first kappa shape index (κ1) is 20.7. The fourth-order valence-corrected chi connectivity index (χ4v) is 4.28. The summed E-state index contributed by atoms with van der Waals surface area (Å²) in [7, 11) is -3.83. The molecule has 0 bridgehead atoms. The largest absolute Gasteiger partial charge is 0.367 e. The normalized spacial score (nSPS) is 19.1. The van der Waals surface area contributed by atoms with Crippen LogP contribution in [-0.2, 0) is 24.3 Å². The number of primary amides is 1. The molecular formula is C16H23N3O5S2. The second kappa shape index (κ2) is 9.36. The summed E-state index contributed by atoms with van der Waals surface area (Å²) < 4.78 is 32.9. The first-order valence-corrected chi connectivity index (χ1v) is 11.0. The quantitative estimate of drug-likeness (QED) is 0.623. The van der Waals surface area contributed by atoms with Crippen LogP contribution in [0.1, 0.15) is 6.42 Å². The maximum Gasteiger partial charge on any atom is 0.248 e. The smallest absolute Gasteiger partial charge is 0.248 e. The van der Waals surface area contributed by atoms with Crippen molar-refractivity contribution in [2.45, 2.75) is 23.5 Å². The minimum absolute atomic E-state index is 0.0248. The van der Waals surface area contributed by atoms with Crippen molar-refractivity contribution >= 4 is 33.6 Å². The van der Waals surface area contributed by atoms with Crippen molar-refractivity contribution in [1.29, 1.82) is 0 Å². The van der Waals surface area contributed by atoms with E-state index in [1.54, 1.807) is 18.2 Å². The molecule has 1 fully saturated rings. The highest BCUT2D eigenvalue weighted by Crippen LogP contribution is 2.14. The van der Waals surface area contributed by atoms with E-state index in [1.807, 2.05) is 6.26 Å². The number of hydrogen-bond donors (Lipinski definition) is 2. The summed E-state index contributed by atoms with van der Waals surface area (Å²) >= 11 is 1.52. The second-order valence-electron chi connectivity index (χ2n) is 5.81. The Labute approximate surface area is 157 Å². The number of hydrogen-bond acceptors (Lipinski definition) is 6. The molecule has 0 radical (unpaired) electrons. The summed E-state index contributed by atoms with van der Waals surface area (Å²) in [6.07, 6.45) is 1.34. The van der Waals surface area contributed by atoms with Gasteiger partial charge in [-0.3, -0.25) is 9.59 Å². The van der Waals surface area contributed by atoms with Gasteiger partial charge in [-0.05, 0) is 30.6 Å². The van der Waals surface area contributed by atoms with Crippen molar-refractivity contribution < 1.29 is 22.7 Å². The van der Waals surface area contributed by atoms with Crippen LogP contribution < -0.4 is 10.5 Å². The van der Waals surface area contributed by atoms with Gasteiger partial charge in [-0.1, -0.05) is 18.2 Å². The molecule has 0 aromatic heterocycles. The van der Waals surface area contributed by atoms with E-state index in [9.17, 15) is 18.0 Å². The monoisotopic (exact) mass is 401 g/mol. The van der Waals surface area contributed by atoms with Crippen LogP contribution in [0.15, 0.2) is 35.2 Å². The zero-order valence-corrected chi connectivity index (χ0v) is 16.1. The first-order valence-electron chi connectivity index (χ1n) is 8.11. The molecule has 0 aliphatic carbocycles. The summed E-state index contributed by atoms with van der Waals surface area (Å²) in [5.74, 6) is -0.418. The molecule has 1 aliphatic rings. The molecule has 26 heavy (non-hydrogen) atoms. The maximum absolute atomic E-state index is 12.9. The number of nitrogens with one attached hydrogen (secondary N) is 1. The molecule has 0 unspecified atom stereocenters. The van der Waals surface area contributed by atoms with Gasteiger partial charge >= 0.3 is 0 Å². The van der Waals surface area contributed by atoms with Gasteiger partial charge in [0.05, 0.1) is 18.0 Å². The Morgan fingerprint density at radius 1 is 1.38 bits per heavy atom. The standard InChI is InChI=1S/C16H23N3O5S2/c1-25-10-7-13(18-26(22,23)12-5-3-2-4-6-12)16(21)19-8-9-24-14(11-19)15(17)20/h2-6,13-14,18H,7-11H2,1H3,(H2,17,20)/t13-,14-/m0/s1. The second-order valence-corrected chi connectivity index (χ2v) is 8.51. The highest BCUT2D eigenvalue weighted by molar-refractivity contribution is 7.98. The molecule has 3 N–H and O–H groups in total. The summed E-state index contributed by atoms with van der Waals surface area (Å²) in [6, 6.07) is 6.97. The van der Waals surface area contributed by atoms with Gasteiger partial charge < -0.3 is 15.4 Å². The third kappa shape index (κ3) is 5.44. The molecule has 10 heteroatoms. The molecule has 1 aromatic rings. The molecule has 1 heterocycles. The number of nitrogens with two attached hydrogens (primary N) is 1. The van der Waals surface area contributed by atoms with Crippen molar-refractivity contribution in [2.75, 3.05) is 31.7 Å². The van der Waals surface area contributed by atoms with Crippen molar-refractivity contribution in [3.05, 3.63) is 30.3 Å². The van der Waals surface area contributed by atoms with E-state index in [0.29, 0.717) is 12.2 Å². The number of morpholine rings is 1. The van der Waals surface area contributed by atoms with Gasteiger partial charge in [0.25, 0.3) is 0 Å². The van der Waals surface area contributed by atoms with E-state index in [1.165, 1.54) is 28.8 Å². The molecule has 2 amide bonds. The van der Waals surface area contributed by atoms with Crippen LogP contribution in [0.5, 0.6) is 0 Å². The molecule has 2 atom stereocenters. The number of ether oxygens (including phenoxy) is 1. The van der Waals surface area contributed by atoms with Crippen LogP contribution in [0, 0.1) is 0 Å². The number of carbonyl (C=O) groups is 2. The highest BCUT2D eigenvalue weighted by atomic mass is 32.2. The average Bonchev–Trinajstić information content (AvgIpc) is 2.65. The number of nitrogens with zero attached hydrogens (tertiary/aromatic N) is 1. The van der Waals surface area contributed by atoms with E-state index >= 15 is 0 Å². The van der Waals surface area contributed by atoms with Gasteiger partial charge in [0.1, 0.15) is 6.04 Å². The Balaban J connectivity index is 2.15. The van der Waals surface area contributed by atoms with E-state index < -0.39 is 28.1 Å². The Morgan fingerprint density at radius 2 is 2.08 bits per heavy atom. The summed E-state index contributed by atoms with van der Waals surface area (Å²) in [5.41, 5.74) is 5.25. The van der Waals surface area contributed by atoms with Gasteiger partial charge in [-0.25, -0.2) is 8.42 Å². The molecule has 144 valence electrons. The Bertz CT molecular complexity index is 727. The summed E-state index contributed by atoms with van der Waals surface area (Å²) in [4.78, 5) is 25.7. The SMILES string of the molecule is CSCC[C@H](NS(=O)(=O)c1ccccc1)C(=O)N1CCO[C@H](C(N)=O)C1. The van der Waals surface area contributed by atoms with Crippen LogP contribution >= 0.6 is 11.8 Å². The third-order valence-corrected chi connectivity index (χ3v) is 6.09. The molecule has 1 saturated heterocycles. The van der Waals surface area contributed by atoms with Crippen molar-refractivity contribution in [3.8, 4) is 0 Å². The van der Waals surface area contributed by atoms with Crippen molar-refractivity contribution in [1.82, 2.24) is 9.62 Å². The van der Waals surface area contributed by atoms with E-state index in [-0.39, 0.29) is 30.5 Å². The number of carbonyl (C=O) groups excluding carboxylic acids is 2. The topological polar surface area (TPSA) is 119 Å². The molecule has 0 saturated carbocycles. The molecule has 1 aromatic carbocycles. The summed E-state index contributed by atoms with van der Waals surface area (Å²) in [5, 5.41) is 0. The van der Waals surface area contributed by atoms with Crippen molar-refractivity contribution in [3.63, 3.8) is 0 Å². The zero-order chi connectivity index (χ0) is 19.2. The molecular weight excluding hydrogens is 378 g/mol. The van der Waals surface area contributed by atoms with E-state index in [0.717, 1.165) is 0 Å². The Kier molecular flexibility index (Phi) is 7.44. The molecule has 0 spiro atoms. The zero-order valence-electron chi connectivity index (χ0n) is 14.5. The molecule has 1 aliphatic heterocycles. The van der Waals surface area contributed by atoms with Gasteiger partial charge in [0.15, 0.2) is 6.10 Å². The van der Waals surface area contributed by atoms with Gasteiger partial charge in [-0.15, -0.1) is 0 Å². The Morgan fingerprint density at radius 3 is 2.69 bits per heavy atom. The maximum atomic E-state index is 12.9. The van der Waals surface area contributed by atoms with Gasteiger partial charge in [0.2, 0.25) is 21.8 Å². The van der Waals surface area contributed by atoms with Crippen LogP contribution in [-0.4, -0.2) is 69.0 Å². The fourth-order valence-electron chi connectivity index (χ4n) is 2.57. The molecule has 2 rings (SSSR count). The van der Waals surface area contributed by atoms with E-state index in [4.69, 9.17) is 10.5 Å². The van der Waals surface area contributed by atoms with Gasteiger partial charge in [-0.2, -0.15) is 16.5 Å². The summed E-state index contributed by atoms with van der Waals surface area (Å²) in [6.45, 7) is 0.489. The lowest BCUT2D eigenvalue weighted by Gasteiger charge is -2.34.